The van der Waals surface area contributed by atoms with E-state index in [2.05, 4.69) is 4.90 Å². The first kappa shape index (κ1) is 16.2. The van der Waals surface area contributed by atoms with Crippen molar-refractivity contribution >= 4 is 5.78 Å². The number of rotatable bonds is 6. The number of piperidine rings is 1. The molecule has 0 aliphatic carbocycles. The van der Waals surface area contributed by atoms with Gasteiger partial charge in [0.05, 0.1) is 0 Å². The van der Waals surface area contributed by atoms with E-state index in [1.54, 1.807) is 0 Å². The SMILES string of the molecule is CC(C)(CN1CCCCC1CCO)C(=O)c1ccccc1. The molecule has 21 heavy (non-hydrogen) atoms. The monoisotopic (exact) mass is 289 g/mol. The number of benzene rings is 1. The number of likely N-dealkylation sites (tertiary alicyclic amines) is 1. The Hall–Kier alpha value is -1.19. The first-order valence-electron chi connectivity index (χ1n) is 7.99. The number of carbonyl (C=O) groups is 1. The zero-order valence-electron chi connectivity index (χ0n) is 13.2. The third-order valence-corrected chi connectivity index (χ3v) is 4.46. The highest BCUT2D eigenvalue weighted by Gasteiger charge is 2.33. The summed E-state index contributed by atoms with van der Waals surface area (Å²) in [6.45, 7) is 6.11. The van der Waals surface area contributed by atoms with E-state index in [1.165, 1.54) is 12.8 Å². The molecule has 0 radical (unpaired) electrons. The quantitative estimate of drug-likeness (QED) is 0.818. The number of nitrogens with zero attached hydrogens (tertiary/aromatic N) is 1. The maximum atomic E-state index is 12.7. The number of hydrogen-bond donors (Lipinski definition) is 1. The maximum absolute atomic E-state index is 12.7. The van der Waals surface area contributed by atoms with Crippen molar-refractivity contribution in [1.82, 2.24) is 4.90 Å². The van der Waals surface area contributed by atoms with Crippen LogP contribution in [0.3, 0.4) is 0 Å². The molecule has 1 fully saturated rings. The second-order valence-corrected chi connectivity index (χ2v) is 6.71. The minimum absolute atomic E-state index is 0.205. The van der Waals surface area contributed by atoms with Crippen LogP contribution in [-0.2, 0) is 0 Å². The summed E-state index contributed by atoms with van der Waals surface area (Å²) in [4.78, 5) is 15.1. The smallest absolute Gasteiger partial charge is 0.169 e. The molecule has 1 heterocycles. The van der Waals surface area contributed by atoms with Crippen molar-refractivity contribution in [1.29, 1.82) is 0 Å². The second kappa shape index (κ2) is 7.19. The molecular formula is C18H27NO2. The van der Waals surface area contributed by atoms with Gasteiger partial charge in [0.1, 0.15) is 0 Å². The van der Waals surface area contributed by atoms with Crippen molar-refractivity contribution in [3.05, 3.63) is 35.9 Å². The summed E-state index contributed by atoms with van der Waals surface area (Å²) < 4.78 is 0. The predicted molar refractivity (Wildman–Crippen MR) is 85.5 cm³/mol. The number of hydrogen-bond acceptors (Lipinski definition) is 3. The van der Waals surface area contributed by atoms with Gasteiger partial charge in [0.25, 0.3) is 0 Å². The van der Waals surface area contributed by atoms with Gasteiger partial charge in [-0.2, -0.15) is 0 Å². The molecule has 1 saturated heterocycles. The number of Topliss-reactive ketones (excluding diaryl/α,β-unsaturated/α-hetero) is 1. The van der Waals surface area contributed by atoms with E-state index in [9.17, 15) is 9.90 Å². The lowest BCUT2D eigenvalue weighted by molar-refractivity contribution is 0.0593. The molecule has 0 saturated carbocycles. The summed E-state index contributed by atoms with van der Waals surface area (Å²) in [6, 6.07) is 9.98. The summed E-state index contributed by atoms with van der Waals surface area (Å²) in [7, 11) is 0. The van der Waals surface area contributed by atoms with Crippen molar-refractivity contribution in [3.63, 3.8) is 0 Å². The fourth-order valence-corrected chi connectivity index (χ4v) is 3.30. The maximum Gasteiger partial charge on any atom is 0.169 e. The van der Waals surface area contributed by atoms with E-state index in [-0.39, 0.29) is 12.4 Å². The largest absolute Gasteiger partial charge is 0.396 e. The van der Waals surface area contributed by atoms with Crippen molar-refractivity contribution < 1.29 is 9.90 Å². The van der Waals surface area contributed by atoms with Gasteiger partial charge < -0.3 is 5.11 Å². The van der Waals surface area contributed by atoms with Crippen LogP contribution in [0.15, 0.2) is 30.3 Å². The third kappa shape index (κ3) is 4.14. The van der Waals surface area contributed by atoms with Crippen LogP contribution in [0.1, 0.15) is 49.9 Å². The molecule has 0 aromatic heterocycles. The van der Waals surface area contributed by atoms with E-state index in [4.69, 9.17) is 0 Å². The Morgan fingerprint density at radius 1 is 1.29 bits per heavy atom. The molecule has 1 unspecified atom stereocenters. The van der Waals surface area contributed by atoms with Gasteiger partial charge in [-0.1, -0.05) is 50.6 Å². The van der Waals surface area contributed by atoms with Crippen LogP contribution in [0.25, 0.3) is 0 Å². The molecule has 0 spiro atoms. The van der Waals surface area contributed by atoms with E-state index in [0.717, 1.165) is 31.5 Å². The average molecular weight is 289 g/mol. The molecule has 1 aliphatic rings. The first-order valence-corrected chi connectivity index (χ1v) is 7.99. The minimum atomic E-state index is -0.396. The molecule has 3 nitrogen and oxygen atoms in total. The zero-order valence-corrected chi connectivity index (χ0v) is 13.2. The summed E-state index contributed by atoms with van der Waals surface area (Å²) in [5.74, 6) is 0.205. The number of carbonyl (C=O) groups excluding carboxylic acids is 1. The standard InChI is InChI=1S/C18H27NO2/c1-18(2,17(21)15-8-4-3-5-9-15)14-19-12-7-6-10-16(19)11-13-20/h3-5,8-9,16,20H,6-7,10-14H2,1-2H3. The van der Waals surface area contributed by atoms with Crippen molar-refractivity contribution in [3.8, 4) is 0 Å². The molecule has 116 valence electrons. The summed E-state index contributed by atoms with van der Waals surface area (Å²) in [6.07, 6.45) is 4.37. The van der Waals surface area contributed by atoms with Gasteiger partial charge in [-0.3, -0.25) is 9.69 Å². The van der Waals surface area contributed by atoms with Crippen LogP contribution < -0.4 is 0 Å². The Bertz CT molecular complexity index is 454. The summed E-state index contributed by atoms with van der Waals surface area (Å²) >= 11 is 0. The van der Waals surface area contributed by atoms with Gasteiger partial charge in [-0.15, -0.1) is 0 Å². The highest BCUT2D eigenvalue weighted by atomic mass is 16.3. The Balaban J connectivity index is 2.06. The van der Waals surface area contributed by atoms with Crippen molar-refractivity contribution in [2.45, 2.75) is 45.6 Å². The highest BCUT2D eigenvalue weighted by Crippen LogP contribution is 2.28. The lowest BCUT2D eigenvalue weighted by Crippen LogP contribution is -2.47. The first-order chi connectivity index (χ1) is 10.0. The lowest BCUT2D eigenvalue weighted by atomic mass is 9.82. The molecular weight excluding hydrogens is 262 g/mol. The minimum Gasteiger partial charge on any atom is -0.396 e. The summed E-state index contributed by atoms with van der Waals surface area (Å²) in [5, 5.41) is 9.23. The van der Waals surface area contributed by atoms with Gasteiger partial charge in [-0.05, 0) is 25.8 Å². The Kier molecular flexibility index (Phi) is 5.54. The van der Waals surface area contributed by atoms with E-state index in [1.807, 2.05) is 44.2 Å². The van der Waals surface area contributed by atoms with Gasteiger partial charge in [-0.25, -0.2) is 0 Å². The zero-order chi connectivity index (χ0) is 15.3. The average Bonchev–Trinajstić information content (AvgIpc) is 2.49. The van der Waals surface area contributed by atoms with Gasteiger partial charge in [0.2, 0.25) is 0 Å². The van der Waals surface area contributed by atoms with Crippen molar-refractivity contribution in [2.75, 3.05) is 19.7 Å². The third-order valence-electron chi connectivity index (χ3n) is 4.46. The molecule has 1 aliphatic heterocycles. The van der Waals surface area contributed by atoms with Crippen LogP contribution in [0.5, 0.6) is 0 Å². The van der Waals surface area contributed by atoms with Crippen LogP contribution in [0.4, 0.5) is 0 Å². The summed E-state index contributed by atoms with van der Waals surface area (Å²) in [5.41, 5.74) is 0.394. The lowest BCUT2D eigenvalue weighted by Gasteiger charge is -2.40. The van der Waals surface area contributed by atoms with Gasteiger partial charge in [0.15, 0.2) is 5.78 Å². The molecule has 3 heteroatoms. The molecule has 1 atom stereocenters. The molecule has 0 amide bonds. The Labute approximate surface area is 128 Å². The molecule has 2 rings (SSSR count). The topological polar surface area (TPSA) is 40.5 Å². The van der Waals surface area contributed by atoms with E-state index in [0.29, 0.717) is 6.04 Å². The molecule has 1 N–H and O–H groups in total. The Morgan fingerprint density at radius 3 is 2.67 bits per heavy atom. The Morgan fingerprint density at radius 2 is 2.00 bits per heavy atom. The number of ketones is 1. The fourth-order valence-electron chi connectivity index (χ4n) is 3.30. The van der Waals surface area contributed by atoms with Crippen LogP contribution in [0.2, 0.25) is 0 Å². The van der Waals surface area contributed by atoms with E-state index < -0.39 is 5.41 Å². The second-order valence-electron chi connectivity index (χ2n) is 6.71. The molecule has 1 aromatic rings. The fraction of sp³-hybridized carbons (Fsp3) is 0.611. The number of aliphatic hydroxyl groups is 1. The van der Waals surface area contributed by atoms with Gasteiger partial charge >= 0.3 is 0 Å². The van der Waals surface area contributed by atoms with Crippen LogP contribution >= 0.6 is 0 Å². The van der Waals surface area contributed by atoms with Crippen LogP contribution in [0, 0.1) is 5.41 Å². The normalized spacial score (nSPS) is 20.4. The van der Waals surface area contributed by atoms with E-state index >= 15 is 0 Å². The van der Waals surface area contributed by atoms with Crippen LogP contribution in [-0.4, -0.2) is 41.5 Å². The van der Waals surface area contributed by atoms with Crippen molar-refractivity contribution in [2.24, 2.45) is 5.41 Å². The highest BCUT2D eigenvalue weighted by molar-refractivity contribution is 6.00. The molecule has 1 aromatic carbocycles. The predicted octanol–water partition coefficient (Wildman–Crippen LogP) is 3.13. The van der Waals surface area contributed by atoms with Gasteiger partial charge in [0, 0.05) is 30.2 Å². The molecule has 0 bridgehead atoms. The number of aliphatic hydroxyl groups excluding tert-OH is 1.